The van der Waals surface area contributed by atoms with Gasteiger partial charge in [-0.25, -0.2) is 4.79 Å². The first-order valence-electron chi connectivity index (χ1n) is 7.49. The Hall–Kier alpha value is -1.06. The molecule has 0 aliphatic heterocycles. The molecule has 1 aliphatic carbocycles. The molecule has 0 atom stereocenters. The SMILES string of the molecule is CCCC1CCC(C(=O)O)(N(CCC)C(C)=O)CC1. The summed E-state index contributed by atoms with van der Waals surface area (Å²) in [5, 5.41) is 9.66. The fourth-order valence-electron chi connectivity index (χ4n) is 3.35. The van der Waals surface area contributed by atoms with E-state index in [2.05, 4.69) is 6.92 Å². The Kier molecular flexibility index (Phi) is 5.83. The summed E-state index contributed by atoms with van der Waals surface area (Å²) in [6, 6.07) is 0. The van der Waals surface area contributed by atoms with Crippen LogP contribution < -0.4 is 0 Å². The third kappa shape index (κ3) is 3.48. The predicted octanol–water partition coefficient (Wildman–Crippen LogP) is 3.06. The van der Waals surface area contributed by atoms with Crippen LogP contribution in [0.1, 0.15) is 65.7 Å². The Morgan fingerprint density at radius 3 is 2.16 bits per heavy atom. The molecule has 4 nitrogen and oxygen atoms in total. The summed E-state index contributed by atoms with van der Waals surface area (Å²) in [4.78, 5) is 25.2. The molecule has 1 aliphatic rings. The summed E-state index contributed by atoms with van der Waals surface area (Å²) < 4.78 is 0. The summed E-state index contributed by atoms with van der Waals surface area (Å²) >= 11 is 0. The van der Waals surface area contributed by atoms with E-state index >= 15 is 0 Å². The smallest absolute Gasteiger partial charge is 0.329 e. The third-order valence-electron chi connectivity index (χ3n) is 4.37. The summed E-state index contributed by atoms with van der Waals surface area (Å²) in [5.41, 5.74) is -0.952. The highest BCUT2D eigenvalue weighted by molar-refractivity contribution is 5.86. The monoisotopic (exact) mass is 269 g/mol. The summed E-state index contributed by atoms with van der Waals surface area (Å²) in [7, 11) is 0. The Bertz CT molecular complexity index is 319. The molecule has 0 saturated heterocycles. The molecule has 1 rings (SSSR count). The van der Waals surface area contributed by atoms with E-state index in [9.17, 15) is 14.7 Å². The minimum Gasteiger partial charge on any atom is -0.479 e. The minimum atomic E-state index is -0.952. The van der Waals surface area contributed by atoms with Crippen molar-refractivity contribution >= 4 is 11.9 Å². The van der Waals surface area contributed by atoms with Crippen molar-refractivity contribution in [1.82, 2.24) is 4.90 Å². The van der Waals surface area contributed by atoms with Gasteiger partial charge in [-0.2, -0.15) is 0 Å². The first-order chi connectivity index (χ1) is 8.97. The minimum absolute atomic E-state index is 0.113. The van der Waals surface area contributed by atoms with Crippen LogP contribution in [0.25, 0.3) is 0 Å². The fraction of sp³-hybridized carbons (Fsp3) is 0.867. The zero-order valence-electron chi connectivity index (χ0n) is 12.4. The molecule has 0 spiro atoms. The van der Waals surface area contributed by atoms with Gasteiger partial charge in [0.25, 0.3) is 0 Å². The van der Waals surface area contributed by atoms with E-state index in [-0.39, 0.29) is 5.91 Å². The van der Waals surface area contributed by atoms with Gasteiger partial charge in [-0.05, 0) is 38.0 Å². The molecule has 0 aromatic rings. The second kappa shape index (κ2) is 6.92. The van der Waals surface area contributed by atoms with Crippen molar-refractivity contribution in [2.45, 2.75) is 71.3 Å². The number of nitrogens with zero attached hydrogens (tertiary/aromatic N) is 1. The van der Waals surface area contributed by atoms with Crippen molar-refractivity contribution in [1.29, 1.82) is 0 Å². The van der Waals surface area contributed by atoms with E-state index in [1.807, 2.05) is 6.92 Å². The van der Waals surface area contributed by atoms with E-state index in [0.29, 0.717) is 25.3 Å². The van der Waals surface area contributed by atoms with Crippen molar-refractivity contribution in [2.75, 3.05) is 6.54 Å². The number of carboxylic acid groups (broad SMARTS) is 1. The van der Waals surface area contributed by atoms with Gasteiger partial charge < -0.3 is 10.0 Å². The Balaban J connectivity index is 2.87. The van der Waals surface area contributed by atoms with Crippen LogP contribution in [0.3, 0.4) is 0 Å². The number of rotatable bonds is 6. The molecular weight excluding hydrogens is 242 g/mol. The van der Waals surface area contributed by atoms with Gasteiger partial charge in [-0.1, -0.05) is 26.7 Å². The maximum atomic E-state index is 11.8. The van der Waals surface area contributed by atoms with Crippen LogP contribution in [-0.4, -0.2) is 34.0 Å². The Labute approximate surface area is 116 Å². The van der Waals surface area contributed by atoms with Gasteiger partial charge in [0.1, 0.15) is 5.54 Å². The van der Waals surface area contributed by atoms with E-state index in [4.69, 9.17) is 0 Å². The maximum absolute atomic E-state index is 11.8. The number of carbonyl (C=O) groups is 2. The van der Waals surface area contributed by atoms with E-state index in [1.54, 1.807) is 4.90 Å². The molecule has 1 N–H and O–H groups in total. The lowest BCUT2D eigenvalue weighted by Gasteiger charge is -2.44. The highest BCUT2D eigenvalue weighted by Crippen LogP contribution is 2.38. The molecule has 0 bridgehead atoms. The topological polar surface area (TPSA) is 57.6 Å². The molecule has 1 fully saturated rings. The summed E-state index contributed by atoms with van der Waals surface area (Å²) in [5.74, 6) is -0.308. The lowest BCUT2D eigenvalue weighted by atomic mass is 9.74. The van der Waals surface area contributed by atoms with E-state index in [1.165, 1.54) is 13.3 Å². The van der Waals surface area contributed by atoms with Crippen LogP contribution in [0.4, 0.5) is 0 Å². The van der Waals surface area contributed by atoms with Crippen molar-refractivity contribution in [3.8, 4) is 0 Å². The van der Waals surface area contributed by atoms with Crippen LogP contribution in [0.15, 0.2) is 0 Å². The largest absolute Gasteiger partial charge is 0.479 e. The molecule has 1 amide bonds. The predicted molar refractivity (Wildman–Crippen MR) is 74.9 cm³/mol. The molecule has 0 radical (unpaired) electrons. The standard InChI is InChI=1S/C15H27NO3/c1-4-6-13-7-9-15(10-8-13,14(18)19)16(11-5-2)12(3)17/h13H,4-11H2,1-3H3,(H,18,19). The van der Waals surface area contributed by atoms with E-state index < -0.39 is 11.5 Å². The van der Waals surface area contributed by atoms with Gasteiger partial charge in [0.2, 0.25) is 5.91 Å². The molecule has 19 heavy (non-hydrogen) atoms. The van der Waals surface area contributed by atoms with Crippen molar-refractivity contribution in [3.63, 3.8) is 0 Å². The first-order valence-corrected chi connectivity index (χ1v) is 7.49. The quantitative estimate of drug-likeness (QED) is 0.806. The molecule has 1 saturated carbocycles. The van der Waals surface area contributed by atoms with Gasteiger partial charge >= 0.3 is 5.97 Å². The zero-order valence-corrected chi connectivity index (χ0v) is 12.4. The Morgan fingerprint density at radius 1 is 1.21 bits per heavy atom. The van der Waals surface area contributed by atoms with Crippen LogP contribution >= 0.6 is 0 Å². The molecular formula is C15H27NO3. The Morgan fingerprint density at radius 2 is 1.79 bits per heavy atom. The lowest BCUT2D eigenvalue weighted by molar-refractivity contribution is -0.162. The molecule has 0 heterocycles. The second-order valence-electron chi connectivity index (χ2n) is 5.74. The van der Waals surface area contributed by atoms with Crippen molar-refractivity contribution < 1.29 is 14.7 Å². The van der Waals surface area contributed by atoms with Gasteiger partial charge in [0.15, 0.2) is 0 Å². The van der Waals surface area contributed by atoms with Crippen molar-refractivity contribution in [2.24, 2.45) is 5.92 Å². The number of carboxylic acids is 1. The first kappa shape index (κ1) is 16.0. The summed E-state index contributed by atoms with van der Waals surface area (Å²) in [6.07, 6.45) is 6.17. The highest BCUT2D eigenvalue weighted by Gasteiger charge is 2.47. The van der Waals surface area contributed by atoms with Gasteiger partial charge in [-0.3, -0.25) is 4.79 Å². The second-order valence-corrected chi connectivity index (χ2v) is 5.74. The van der Waals surface area contributed by atoms with Gasteiger partial charge in [-0.15, -0.1) is 0 Å². The van der Waals surface area contributed by atoms with Crippen LogP contribution in [-0.2, 0) is 9.59 Å². The van der Waals surface area contributed by atoms with E-state index in [0.717, 1.165) is 25.7 Å². The molecule has 110 valence electrons. The zero-order chi connectivity index (χ0) is 14.5. The molecule has 0 unspecified atom stereocenters. The number of hydrogen-bond acceptors (Lipinski definition) is 2. The number of hydrogen-bond donors (Lipinski definition) is 1. The molecule has 4 heteroatoms. The van der Waals surface area contributed by atoms with Gasteiger partial charge in [0, 0.05) is 13.5 Å². The average Bonchev–Trinajstić information content (AvgIpc) is 2.37. The lowest BCUT2D eigenvalue weighted by Crippen LogP contribution is -2.58. The highest BCUT2D eigenvalue weighted by atomic mass is 16.4. The van der Waals surface area contributed by atoms with Crippen LogP contribution in [0.2, 0.25) is 0 Å². The number of aliphatic carboxylic acids is 1. The van der Waals surface area contributed by atoms with Crippen LogP contribution in [0, 0.1) is 5.92 Å². The normalized spacial score (nSPS) is 27.0. The summed E-state index contributed by atoms with van der Waals surface area (Å²) in [6.45, 7) is 6.17. The molecule has 0 aromatic heterocycles. The number of amides is 1. The third-order valence-corrected chi connectivity index (χ3v) is 4.37. The maximum Gasteiger partial charge on any atom is 0.329 e. The number of carbonyl (C=O) groups excluding carboxylic acids is 1. The molecule has 0 aromatic carbocycles. The van der Waals surface area contributed by atoms with Gasteiger partial charge in [0.05, 0.1) is 0 Å². The van der Waals surface area contributed by atoms with Crippen LogP contribution in [0.5, 0.6) is 0 Å². The van der Waals surface area contributed by atoms with Crippen molar-refractivity contribution in [3.05, 3.63) is 0 Å². The fourth-order valence-corrected chi connectivity index (χ4v) is 3.35. The average molecular weight is 269 g/mol.